The molecule has 2 aliphatic carbocycles. The Morgan fingerprint density at radius 1 is 1.05 bits per heavy atom. The molecule has 4 rings (SSSR count). The Balaban J connectivity index is 1.47. The third-order valence-corrected chi connectivity index (χ3v) is 9.90. The van der Waals surface area contributed by atoms with Crippen molar-refractivity contribution in [1.29, 1.82) is 0 Å². The predicted octanol–water partition coefficient (Wildman–Crippen LogP) is 2.99. The van der Waals surface area contributed by atoms with E-state index in [1.165, 1.54) is 12.1 Å². The molecule has 2 fully saturated rings. The van der Waals surface area contributed by atoms with Crippen molar-refractivity contribution in [1.82, 2.24) is 10.6 Å². The van der Waals surface area contributed by atoms with Crippen molar-refractivity contribution < 1.29 is 41.4 Å². The van der Waals surface area contributed by atoms with E-state index in [4.69, 9.17) is 16.7 Å². The van der Waals surface area contributed by atoms with Crippen molar-refractivity contribution >= 4 is 39.1 Å². The summed E-state index contributed by atoms with van der Waals surface area (Å²) in [6.45, 7) is -0.627. The van der Waals surface area contributed by atoms with Crippen LogP contribution in [0.4, 0.5) is 23.7 Å². The van der Waals surface area contributed by atoms with E-state index >= 15 is 0 Å². The molecule has 2 aliphatic rings. The van der Waals surface area contributed by atoms with Crippen LogP contribution in [0.5, 0.6) is 0 Å². The van der Waals surface area contributed by atoms with Crippen LogP contribution in [0.1, 0.15) is 36.0 Å². The van der Waals surface area contributed by atoms with Gasteiger partial charge in [-0.25, -0.2) is 26.4 Å². The number of carbonyl (C=O) groups is 2. The molecule has 212 valence electrons. The zero-order valence-corrected chi connectivity index (χ0v) is 22.0. The minimum atomic E-state index is -4.01. The first-order valence-corrected chi connectivity index (χ1v) is 14.2. The number of aliphatic hydroxyl groups is 2. The van der Waals surface area contributed by atoms with Crippen molar-refractivity contribution in [3.05, 3.63) is 58.4 Å². The summed E-state index contributed by atoms with van der Waals surface area (Å²) in [4.78, 5) is 24.7. The Morgan fingerprint density at radius 3 is 2.26 bits per heavy atom. The van der Waals surface area contributed by atoms with Crippen LogP contribution in [-0.2, 0) is 9.84 Å². The first kappa shape index (κ1) is 29.1. The summed E-state index contributed by atoms with van der Waals surface area (Å²) in [7, 11) is -4.01. The minimum absolute atomic E-state index is 0.0974. The number of aliphatic hydroxyl groups excluding tert-OH is 2. The van der Waals surface area contributed by atoms with Gasteiger partial charge in [-0.15, -0.1) is 0 Å². The van der Waals surface area contributed by atoms with Gasteiger partial charge in [0.1, 0.15) is 0 Å². The second-order valence-corrected chi connectivity index (χ2v) is 12.4. The summed E-state index contributed by atoms with van der Waals surface area (Å²) < 4.78 is 67.5. The van der Waals surface area contributed by atoms with Crippen LogP contribution in [0, 0.1) is 29.3 Å². The summed E-state index contributed by atoms with van der Waals surface area (Å²) in [5, 5.41) is 24.9. The van der Waals surface area contributed by atoms with Gasteiger partial charge in [-0.2, -0.15) is 0 Å². The third kappa shape index (κ3) is 6.32. The number of halogens is 4. The van der Waals surface area contributed by atoms with Gasteiger partial charge in [-0.1, -0.05) is 11.6 Å². The number of fused-ring (bicyclic) bond motifs is 2. The van der Waals surface area contributed by atoms with E-state index in [1.54, 1.807) is 0 Å². The molecule has 0 spiro atoms. The molecule has 5 atom stereocenters. The average molecular weight is 590 g/mol. The minimum Gasteiger partial charge on any atom is -0.394 e. The Hall–Kier alpha value is -2.87. The molecule has 0 radical (unpaired) electrons. The van der Waals surface area contributed by atoms with Crippen LogP contribution in [0.25, 0.3) is 0 Å². The molecular weight excluding hydrogens is 563 g/mol. The van der Waals surface area contributed by atoms with E-state index in [0.29, 0.717) is 25.0 Å². The second kappa shape index (κ2) is 11.7. The molecule has 2 saturated carbocycles. The molecule has 5 N–H and O–H groups in total. The molecule has 9 nitrogen and oxygen atoms in total. The van der Waals surface area contributed by atoms with Crippen LogP contribution < -0.4 is 16.0 Å². The molecule has 0 aromatic heterocycles. The number of hydrogen-bond donors (Lipinski definition) is 5. The summed E-state index contributed by atoms with van der Waals surface area (Å²) in [5.41, 5.74) is -0.490. The zero-order valence-electron chi connectivity index (χ0n) is 20.5. The maximum atomic E-state index is 13.6. The molecule has 2 aromatic carbocycles. The number of carbonyl (C=O) groups excluding carboxylic acids is 2. The number of benzene rings is 2. The highest BCUT2D eigenvalue weighted by molar-refractivity contribution is 7.92. The van der Waals surface area contributed by atoms with E-state index in [2.05, 4.69) is 16.0 Å². The largest absolute Gasteiger partial charge is 0.394 e. The Morgan fingerprint density at radius 2 is 1.67 bits per heavy atom. The number of anilines is 1. The van der Waals surface area contributed by atoms with Gasteiger partial charge < -0.3 is 26.2 Å². The first-order chi connectivity index (χ1) is 18.4. The molecular formula is C25H27ClF3N3O6S. The molecule has 0 saturated heterocycles. The highest BCUT2D eigenvalue weighted by atomic mass is 35.5. The molecule has 0 heterocycles. The topological polar surface area (TPSA) is 145 Å². The van der Waals surface area contributed by atoms with E-state index < -0.39 is 57.2 Å². The fourth-order valence-electron chi connectivity index (χ4n) is 5.31. The average Bonchev–Trinajstić information content (AvgIpc) is 3.10. The molecule has 2 unspecified atom stereocenters. The lowest BCUT2D eigenvalue weighted by molar-refractivity contribution is 0.0955. The van der Waals surface area contributed by atoms with Crippen LogP contribution >= 0.6 is 11.6 Å². The summed E-state index contributed by atoms with van der Waals surface area (Å²) in [6.07, 6.45) is 0.839. The number of hydrogen-bond acceptors (Lipinski definition) is 6. The molecule has 2 bridgehead atoms. The number of sulfone groups is 1. The molecule has 0 aliphatic heterocycles. The standard InChI is InChI=1S/C25H27ClF3N3O6S/c26-18-4-3-14(24(35)31-15-8-19(27)22(29)20(28)9-15)7-21(18)39(37,38)17-5-12-1-2-13(6-17)23(12)32-25(36)30-10-16(34)11-33/h3-4,7-9,12-13,16-17,23,33-34H,1-2,5-6,10-11H2,(H,31,35)(H2,30,32,36)/t12-,13?,16?,17-,23-/m0/s1. The molecule has 3 amide bonds. The highest BCUT2D eigenvalue weighted by Crippen LogP contribution is 2.46. The number of nitrogens with one attached hydrogen (secondary N) is 3. The SMILES string of the molecule is O=C(NCC(O)CO)N[C@@H]1C2CC[C@H]1C[C@H](S(=O)(=O)c1cc(C(=O)Nc3cc(F)c(F)c(F)c3)ccc1Cl)C2. The van der Waals surface area contributed by atoms with Gasteiger partial charge in [0.15, 0.2) is 27.3 Å². The Kier molecular flexibility index (Phi) is 8.74. The van der Waals surface area contributed by atoms with Crippen molar-refractivity contribution in [3.8, 4) is 0 Å². The van der Waals surface area contributed by atoms with Crippen LogP contribution in [0.2, 0.25) is 5.02 Å². The number of amides is 3. The van der Waals surface area contributed by atoms with E-state index in [0.717, 1.165) is 6.07 Å². The molecule has 2 aromatic rings. The van der Waals surface area contributed by atoms with E-state index in [9.17, 15) is 36.3 Å². The monoisotopic (exact) mass is 589 g/mol. The molecule has 14 heteroatoms. The van der Waals surface area contributed by atoms with Crippen molar-refractivity contribution in [3.63, 3.8) is 0 Å². The predicted molar refractivity (Wildman–Crippen MR) is 136 cm³/mol. The Bertz CT molecular complexity index is 1340. The summed E-state index contributed by atoms with van der Waals surface area (Å²) >= 11 is 6.23. The lowest BCUT2D eigenvalue weighted by atomic mass is 9.84. The maximum absolute atomic E-state index is 13.6. The van der Waals surface area contributed by atoms with Gasteiger partial charge in [0, 0.05) is 36.0 Å². The van der Waals surface area contributed by atoms with Crippen LogP contribution in [0.15, 0.2) is 35.2 Å². The lowest BCUT2D eigenvalue weighted by Crippen LogP contribution is -2.51. The van der Waals surface area contributed by atoms with E-state index in [1.807, 2.05) is 0 Å². The van der Waals surface area contributed by atoms with Gasteiger partial charge >= 0.3 is 6.03 Å². The van der Waals surface area contributed by atoms with Crippen LogP contribution in [-0.4, -0.2) is 61.1 Å². The summed E-state index contributed by atoms with van der Waals surface area (Å²) in [5.74, 6) is -5.79. The third-order valence-electron chi connectivity index (χ3n) is 7.24. The summed E-state index contributed by atoms with van der Waals surface area (Å²) in [6, 6.07) is 4.00. The fraction of sp³-hybridized carbons (Fsp3) is 0.440. The molecule has 39 heavy (non-hydrogen) atoms. The van der Waals surface area contributed by atoms with Gasteiger partial charge in [-0.05, 0) is 55.7 Å². The van der Waals surface area contributed by atoms with Gasteiger partial charge in [0.2, 0.25) is 0 Å². The highest BCUT2D eigenvalue weighted by Gasteiger charge is 2.47. The van der Waals surface area contributed by atoms with Crippen molar-refractivity contribution in [2.24, 2.45) is 11.8 Å². The van der Waals surface area contributed by atoms with Gasteiger partial charge in [0.25, 0.3) is 5.91 Å². The smallest absolute Gasteiger partial charge is 0.315 e. The zero-order chi connectivity index (χ0) is 28.5. The Labute approximate surface area is 227 Å². The van der Waals surface area contributed by atoms with E-state index in [-0.39, 0.29) is 58.4 Å². The normalized spacial score (nSPS) is 23.2. The fourth-order valence-corrected chi connectivity index (χ4v) is 7.74. The number of rotatable bonds is 8. The van der Waals surface area contributed by atoms with Crippen LogP contribution in [0.3, 0.4) is 0 Å². The second-order valence-electron chi connectivity index (χ2n) is 9.81. The van der Waals surface area contributed by atoms with Gasteiger partial charge in [0.05, 0.1) is 27.9 Å². The first-order valence-electron chi connectivity index (χ1n) is 12.2. The van der Waals surface area contributed by atoms with Crippen molar-refractivity contribution in [2.75, 3.05) is 18.5 Å². The maximum Gasteiger partial charge on any atom is 0.315 e. The van der Waals surface area contributed by atoms with Crippen molar-refractivity contribution in [2.45, 2.75) is 48.0 Å². The quantitative estimate of drug-likeness (QED) is 0.299. The van der Waals surface area contributed by atoms with Gasteiger partial charge in [-0.3, -0.25) is 4.79 Å². The number of urea groups is 1. The lowest BCUT2D eigenvalue weighted by Gasteiger charge is -2.35.